The summed E-state index contributed by atoms with van der Waals surface area (Å²) in [6.07, 6.45) is 3.81. The Hall–Kier alpha value is -0.780. The van der Waals surface area contributed by atoms with Gasteiger partial charge in [-0.25, -0.2) is 0 Å². The van der Waals surface area contributed by atoms with Crippen LogP contribution in [0.2, 0.25) is 0 Å². The molecule has 0 fully saturated rings. The molecule has 0 aromatic carbocycles. The minimum Gasteiger partial charge on any atom is -0.103 e. The van der Waals surface area contributed by atoms with Gasteiger partial charge in [0.2, 0.25) is 0 Å². The van der Waals surface area contributed by atoms with E-state index in [1.54, 1.807) is 6.08 Å². The molecule has 0 aliphatic rings. The second-order valence-electron chi connectivity index (χ2n) is 2.48. The van der Waals surface area contributed by atoms with Crippen molar-refractivity contribution in [2.75, 3.05) is 0 Å². The lowest BCUT2D eigenvalue weighted by Gasteiger charge is -1.85. The van der Waals surface area contributed by atoms with Gasteiger partial charge in [-0.05, 0) is 27.7 Å². The fourth-order valence-corrected chi connectivity index (χ4v) is 0.493. The molecule has 0 rings (SSSR count). The monoisotopic (exact) mass is 168 g/mol. The molecule has 0 nitrogen and oxygen atoms in total. The summed E-state index contributed by atoms with van der Waals surface area (Å²) in [5.41, 5.74) is 2.44. The van der Waals surface area contributed by atoms with Crippen LogP contribution >= 0.6 is 0 Å². The molecule has 0 heterocycles. The summed E-state index contributed by atoms with van der Waals surface area (Å²) in [6, 6.07) is 0. The smallest absolute Gasteiger partial charge is 0.0404 e. The molecule has 0 atom stereocenters. The SMILES string of the molecule is C=C(C)C=C(C)C.C=CC.CC. The molecule has 0 aromatic heterocycles. The number of rotatable bonds is 1. The molecule has 0 N–H and O–H groups in total. The highest BCUT2D eigenvalue weighted by molar-refractivity contribution is 5.15. The highest BCUT2D eigenvalue weighted by Gasteiger charge is 1.73. The predicted octanol–water partition coefficient (Wildman–Crippen LogP) is 4.75. The van der Waals surface area contributed by atoms with E-state index in [0.717, 1.165) is 5.57 Å². The van der Waals surface area contributed by atoms with E-state index in [0.29, 0.717) is 0 Å². The quantitative estimate of drug-likeness (QED) is 0.391. The highest BCUT2D eigenvalue weighted by atomic mass is 13.8. The van der Waals surface area contributed by atoms with Crippen molar-refractivity contribution in [1.29, 1.82) is 0 Å². The van der Waals surface area contributed by atoms with Gasteiger partial charge in [-0.3, -0.25) is 0 Å². The van der Waals surface area contributed by atoms with Gasteiger partial charge in [0.15, 0.2) is 0 Å². The second kappa shape index (κ2) is 16.7. The van der Waals surface area contributed by atoms with Gasteiger partial charge in [-0.1, -0.05) is 43.7 Å². The Morgan fingerprint density at radius 2 is 1.33 bits per heavy atom. The Balaban J connectivity index is -0.000000137. The molecular formula is C12H24. The first-order chi connectivity index (χ1) is 5.54. The van der Waals surface area contributed by atoms with Gasteiger partial charge in [-0.15, -0.1) is 6.58 Å². The molecule has 0 amide bonds. The van der Waals surface area contributed by atoms with Crippen molar-refractivity contribution in [2.45, 2.75) is 41.5 Å². The average Bonchev–Trinajstić information content (AvgIpc) is 1.90. The largest absolute Gasteiger partial charge is 0.103 e. The van der Waals surface area contributed by atoms with Crippen LogP contribution in [0.25, 0.3) is 0 Å². The molecule has 0 aromatic rings. The fourth-order valence-electron chi connectivity index (χ4n) is 0.493. The molecular weight excluding hydrogens is 144 g/mol. The van der Waals surface area contributed by atoms with Gasteiger partial charge >= 0.3 is 0 Å². The van der Waals surface area contributed by atoms with Crippen molar-refractivity contribution in [3.8, 4) is 0 Å². The third-order valence-corrected chi connectivity index (χ3v) is 0.535. The Bertz CT molecular complexity index is 123. The summed E-state index contributed by atoms with van der Waals surface area (Å²) in [5.74, 6) is 0. The van der Waals surface area contributed by atoms with E-state index < -0.39 is 0 Å². The lowest BCUT2D eigenvalue weighted by molar-refractivity contribution is 1.36. The van der Waals surface area contributed by atoms with Crippen molar-refractivity contribution < 1.29 is 0 Å². The van der Waals surface area contributed by atoms with E-state index in [2.05, 4.69) is 33.1 Å². The first-order valence-corrected chi connectivity index (χ1v) is 4.42. The summed E-state index contributed by atoms with van der Waals surface area (Å²) in [6.45, 7) is 19.1. The van der Waals surface area contributed by atoms with Gasteiger partial charge < -0.3 is 0 Å². The van der Waals surface area contributed by atoms with Crippen LogP contribution in [0, 0.1) is 0 Å². The van der Waals surface area contributed by atoms with Crippen LogP contribution in [0.3, 0.4) is 0 Å². The summed E-state index contributed by atoms with van der Waals surface area (Å²) in [4.78, 5) is 0. The summed E-state index contributed by atoms with van der Waals surface area (Å²) in [7, 11) is 0. The van der Waals surface area contributed by atoms with Crippen molar-refractivity contribution in [3.63, 3.8) is 0 Å². The van der Waals surface area contributed by atoms with Crippen molar-refractivity contribution >= 4 is 0 Å². The summed E-state index contributed by atoms with van der Waals surface area (Å²) in [5, 5.41) is 0. The van der Waals surface area contributed by atoms with Crippen molar-refractivity contribution in [2.24, 2.45) is 0 Å². The Labute approximate surface area is 78.7 Å². The van der Waals surface area contributed by atoms with Gasteiger partial charge in [-0.2, -0.15) is 0 Å². The Kier molecular flexibility index (Phi) is 24.1. The van der Waals surface area contributed by atoms with Crippen LogP contribution in [0.1, 0.15) is 41.5 Å². The lowest BCUT2D eigenvalue weighted by Crippen LogP contribution is -1.64. The lowest BCUT2D eigenvalue weighted by atomic mass is 10.2. The Morgan fingerprint density at radius 1 is 1.08 bits per heavy atom. The molecule has 0 bridgehead atoms. The van der Waals surface area contributed by atoms with Crippen molar-refractivity contribution in [3.05, 3.63) is 36.5 Å². The Morgan fingerprint density at radius 3 is 1.33 bits per heavy atom. The maximum Gasteiger partial charge on any atom is -0.0404 e. The third kappa shape index (κ3) is 60.1. The molecule has 0 saturated carbocycles. The summed E-state index contributed by atoms with van der Waals surface area (Å²) < 4.78 is 0. The second-order valence-corrected chi connectivity index (χ2v) is 2.48. The molecule has 0 saturated heterocycles. The molecule has 0 unspecified atom stereocenters. The molecule has 0 radical (unpaired) electrons. The van der Waals surface area contributed by atoms with Gasteiger partial charge in [0, 0.05) is 0 Å². The van der Waals surface area contributed by atoms with E-state index in [1.807, 2.05) is 27.7 Å². The molecule has 12 heavy (non-hydrogen) atoms. The van der Waals surface area contributed by atoms with Crippen LogP contribution in [0.5, 0.6) is 0 Å². The maximum atomic E-state index is 3.72. The van der Waals surface area contributed by atoms with Gasteiger partial charge in [0.25, 0.3) is 0 Å². The highest BCUT2D eigenvalue weighted by Crippen LogP contribution is 1.95. The zero-order valence-corrected chi connectivity index (χ0v) is 9.57. The topological polar surface area (TPSA) is 0 Å². The number of hydrogen-bond donors (Lipinski definition) is 0. The molecule has 72 valence electrons. The van der Waals surface area contributed by atoms with E-state index in [-0.39, 0.29) is 0 Å². The standard InChI is InChI=1S/C7H12.C3H6.C2H6/c1-6(2)5-7(3)4;1-3-2;1-2/h5H,1H2,2-4H3;3H,1H2,2H3;1-2H3. The fraction of sp³-hybridized carbons (Fsp3) is 0.500. The maximum absolute atomic E-state index is 3.72. The number of allylic oxidation sites excluding steroid dienone is 4. The average molecular weight is 168 g/mol. The first-order valence-electron chi connectivity index (χ1n) is 4.42. The van der Waals surface area contributed by atoms with Gasteiger partial charge in [0.1, 0.15) is 0 Å². The van der Waals surface area contributed by atoms with Crippen LogP contribution in [0.15, 0.2) is 36.5 Å². The van der Waals surface area contributed by atoms with E-state index in [9.17, 15) is 0 Å². The zero-order valence-electron chi connectivity index (χ0n) is 9.57. The van der Waals surface area contributed by atoms with Crippen LogP contribution in [-0.4, -0.2) is 0 Å². The van der Waals surface area contributed by atoms with Gasteiger partial charge in [0.05, 0.1) is 0 Å². The predicted molar refractivity (Wildman–Crippen MR) is 61.5 cm³/mol. The molecule has 0 heteroatoms. The van der Waals surface area contributed by atoms with E-state index >= 15 is 0 Å². The molecule has 0 aliphatic heterocycles. The normalized spacial score (nSPS) is 6.17. The minimum atomic E-state index is 1.12. The van der Waals surface area contributed by atoms with Crippen LogP contribution in [0.4, 0.5) is 0 Å². The van der Waals surface area contributed by atoms with Crippen LogP contribution < -0.4 is 0 Å². The van der Waals surface area contributed by atoms with Crippen LogP contribution in [-0.2, 0) is 0 Å². The minimum absolute atomic E-state index is 1.12. The van der Waals surface area contributed by atoms with E-state index in [1.165, 1.54) is 5.57 Å². The zero-order chi connectivity index (χ0) is 10.6. The molecule has 0 aliphatic carbocycles. The molecule has 0 spiro atoms. The first kappa shape index (κ1) is 17.3. The third-order valence-electron chi connectivity index (χ3n) is 0.535. The number of hydrogen-bond acceptors (Lipinski definition) is 0. The van der Waals surface area contributed by atoms with E-state index in [4.69, 9.17) is 0 Å². The van der Waals surface area contributed by atoms with Crippen molar-refractivity contribution in [1.82, 2.24) is 0 Å². The summed E-state index contributed by atoms with van der Waals surface area (Å²) >= 11 is 0.